The van der Waals surface area contributed by atoms with Gasteiger partial charge in [-0.25, -0.2) is 0 Å². The Morgan fingerprint density at radius 2 is 1.59 bits per heavy atom. The number of hydrogen-bond donors (Lipinski definition) is 1. The molecule has 0 rings (SSSR count). The maximum atomic E-state index is 10.2. The Morgan fingerprint density at radius 1 is 1.00 bits per heavy atom. The van der Waals surface area contributed by atoms with E-state index >= 15 is 0 Å². The van der Waals surface area contributed by atoms with Crippen LogP contribution in [0.25, 0.3) is 0 Å². The first kappa shape index (κ1) is 16.2. The summed E-state index contributed by atoms with van der Waals surface area (Å²) in [5, 5.41) is 8.42. The van der Waals surface area contributed by atoms with Gasteiger partial charge in [-0.05, 0) is 18.8 Å². The third-order valence-corrected chi connectivity index (χ3v) is 2.86. The van der Waals surface area contributed by atoms with Crippen molar-refractivity contribution < 1.29 is 9.90 Å². The van der Waals surface area contributed by atoms with Gasteiger partial charge in [0.1, 0.15) is 0 Å². The molecular formula is C15H28O2. The van der Waals surface area contributed by atoms with Gasteiger partial charge < -0.3 is 5.11 Å². The van der Waals surface area contributed by atoms with Crippen LogP contribution in [0.2, 0.25) is 0 Å². The second kappa shape index (κ2) is 11.7. The van der Waals surface area contributed by atoms with Gasteiger partial charge in [0.2, 0.25) is 0 Å². The predicted molar refractivity (Wildman–Crippen MR) is 73.2 cm³/mol. The molecule has 0 bridgehead atoms. The van der Waals surface area contributed by atoms with E-state index in [0.717, 1.165) is 12.3 Å². The molecule has 0 aliphatic rings. The summed E-state index contributed by atoms with van der Waals surface area (Å²) in [5.74, 6) is 0.0979. The summed E-state index contributed by atoms with van der Waals surface area (Å²) in [5.41, 5.74) is 0. The van der Waals surface area contributed by atoms with Crippen molar-refractivity contribution in [2.45, 2.75) is 71.6 Å². The Kier molecular flexibility index (Phi) is 11.1. The van der Waals surface area contributed by atoms with E-state index in [0.29, 0.717) is 0 Å². The normalized spacial score (nSPS) is 11.5. The first-order valence-electron chi connectivity index (χ1n) is 6.99. The molecule has 0 aromatic carbocycles. The van der Waals surface area contributed by atoms with Gasteiger partial charge in [0.05, 0.1) is 6.42 Å². The van der Waals surface area contributed by atoms with E-state index in [1.165, 1.54) is 44.9 Å². The Balaban J connectivity index is 3.08. The van der Waals surface area contributed by atoms with Crippen molar-refractivity contribution in [3.05, 3.63) is 12.2 Å². The highest BCUT2D eigenvalue weighted by molar-refractivity contribution is 5.68. The fraction of sp³-hybridized carbons (Fsp3) is 0.800. The largest absolute Gasteiger partial charge is 0.481 e. The van der Waals surface area contributed by atoms with Crippen LogP contribution in [0, 0.1) is 5.92 Å². The Bertz CT molecular complexity index is 207. The number of carboxylic acid groups (broad SMARTS) is 1. The van der Waals surface area contributed by atoms with Crippen LogP contribution in [0.5, 0.6) is 0 Å². The lowest BCUT2D eigenvalue weighted by Gasteiger charge is -2.03. The Morgan fingerprint density at radius 3 is 2.18 bits per heavy atom. The molecule has 0 amide bonds. The van der Waals surface area contributed by atoms with Crippen molar-refractivity contribution in [3.63, 3.8) is 0 Å². The molecule has 0 heterocycles. The molecule has 100 valence electrons. The van der Waals surface area contributed by atoms with Crippen LogP contribution < -0.4 is 0 Å². The van der Waals surface area contributed by atoms with Crippen LogP contribution >= 0.6 is 0 Å². The summed E-state index contributed by atoms with van der Waals surface area (Å²) in [6.07, 6.45) is 14.2. The standard InChI is InChI=1S/C15H28O2/c1-14(2)12-10-8-6-4-3-5-7-9-11-13-15(16)17/h9,11,14H,3-8,10,12-13H2,1-2H3,(H,16,17). The van der Waals surface area contributed by atoms with Crippen molar-refractivity contribution in [1.82, 2.24) is 0 Å². The molecule has 0 aliphatic carbocycles. The summed E-state index contributed by atoms with van der Waals surface area (Å²) >= 11 is 0. The van der Waals surface area contributed by atoms with Gasteiger partial charge >= 0.3 is 5.97 Å². The molecule has 0 fully saturated rings. The number of unbranched alkanes of at least 4 members (excludes halogenated alkanes) is 6. The molecule has 0 radical (unpaired) electrons. The zero-order valence-corrected chi connectivity index (χ0v) is 11.5. The highest BCUT2D eigenvalue weighted by atomic mass is 16.4. The summed E-state index contributed by atoms with van der Waals surface area (Å²) < 4.78 is 0. The number of hydrogen-bond acceptors (Lipinski definition) is 1. The minimum absolute atomic E-state index is 0.162. The van der Waals surface area contributed by atoms with Gasteiger partial charge in [-0.1, -0.05) is 64.5 Å². The second-order valence-electron chi connectivity index (χ2n) is 5.16. The smallest absolute Gasteiger partial charge is 0.307 e. The first-order valence-corrected chi connectivity index (χ1v) is 6.99. The highest BCUT2D eigenvalue weighted by Gasteiger charge is 1.94. The van der Waals surface area contributed by atoms with Gasteiger partial charge in [-0.2, -0.15) is 0 Å². The molecule has 0 aromatic rings. The third-order valence-electron chi connectivity index (χ3n) is 2.86. The lowest BCUT2D eigenvalue weighted by atomic mass is 10.0. The van der Waals surface area contributed by atoms with Gasteiger partial charge in [-0.15, -0.1) is 0 Å². The minimum Gasteiger partial charge on any atom is -0.481 e. The lowest BCUT2D eigenvalue weighted by molar-refractivity contribution is -0.136. The zero-order valence-electron chi connectivity index (χ0n) is 11.5. The van der Waals surface area contributed by atoms with Gasteiger partial charge in [0, 0.05) is 0 Å². The maximum Gasteiger partial charge on any atom is 0.307 e. The number of carbonyl (C=O) groups is 1. The van der Waals surface area contributed by atoms with Gasteiger partial charge in [0.25, 0.3) is 0 Å². The van der Waals surface area contributed by atoms with Crippen molar-refractivity contribution in [1.29, 1.82) is 0 Å². The summed E-state index contributed by atoms with van der Waals surface area (Å²) in [7, 11) is 0. The van der Waals surface area contributed by atoms with Crippen molar-refractivity contribution in [3.8, 4) is 0 Å². The van der Waals surface area contributed by atoms with E-state index in [1.54, 1.807) is 6.08 Å². The van der Waals surface area contributed by atoms with Crippen LogP contribution in [0.3, 0.4) is 0 Å². The predicted octanol–water partition coefficient (Wildman–Crippen LogP) is 4.79. The molecule has 1 N–H and O–H groups in total. The molecule has 2 nitrogen and oxygen atoms in total. The van der Waals surface area contributed by atoms with Crippen LogP contribution in [0.15, 0.2) is 12.2 Å². The quantitative estimate of drug-likeness (QED) is 0.416. The summed E-state index contributed by atoms with van der Waals surface area (Å²) in [4.78, 5) is 10.2. The average Bonchev–Trinajstić information content (AvgIpc) is 2.25. The molecule has 0 aromatic heterocycles. The van der Waals surface area contributed by atoms with Crippen LogP contribution in [-0.4, -0.2) is 11.1 Å². The van der Waals surface area contributed by atoms with Crippen LogP contribution in [-0.2, 0) is 4.79 Å². The third kappa shape index (κ3) is 15.2. The molecule has 0 atom stereocenters. The van der Waals surface area contributed by atoms with Gasteiger partial charge in [-0.3, -0.25) is 4.79 Å². The fourth-order valence-electron chi connectivity index (χ4n) is 1.82. The Labute approximate surface area is 106 Å². The van der Waals surface area contributed by atoms with E-state index in [4.69, 9.17) is 5.11 Å². The summed E-state index contributed by atoms with van der Waals surface area (Å²) in [6, 6.07) is 0. The molecule has 0 saturated carbocycles. The Hall–Kier alpha value is -0.790. The lowest BCUT2D eigenvalue weighted by Crippen LogP contribution is -1.89. The van der Waals surface area contributed by atoms with E-state index in [-0.39, 0.29) is 6.42 Å². The molecular weight excluding hydrogens is 212 g/mol. The fourth-order valence-corrected chi connectivity index (χ4v) is 1.82. The second-order valence-corrected chi connectivity index (χ2v) is 5.16. The first-order chi connectivity index (χ1) is 8.13. The minimum atomic E-state index is -0.744. The van der Waals surface area contributed by atoms with E-state index in [9.17, 15) is 4.79 Å². The average molecular weight is 240 g/mol. The van der Waals surface area contributed by atoms with Crippen molar-refractivity contribution >= 4 is 5.97 Å². The molecule has 0 unspecified atom stereocenters. The number of aliphatic carboxylic acids is 1. The summed E-state index contributed by atoms with van der Waals surface area (Å²) in [6.45, 7) is 4.56. The molecule has 0 saturated heterocycles. The van der Waals surface area contributed by atoms with Gasteiger partial charge in [0.15, 0.2) is 0 Å². The zero-order chi connectivity index (χ0) is 12.9. The highest BCUT2D eigenvalue weighted by Crippen LogP contribution is 2.12. The molecule has 2 heteroatoms. The maximum absolute atomic E-state index is 10.2. The van der Waals surface area contributed by atoms with E-state index in [2.05, 4.69) is 13.8 Å². The van der Waals surface area contributed by atoms with E-state index in [1.807, 2.05) is 6.08 Å². The van der Waals surface area contributed by atoms with Crippen LogP contribution in [0.1, 0.15) is 71.6 Å². The van der Waals surface area contributed by atoms with Crippen molar-refractivity contribution in [2.75, 3.05) is 0 Å². The number of rotatable bonds is 11. The van der Waals surface area contributed by atoms with Crippen LogP contribution in [0.4, 0.5) is 0 Å². The topological polar surface area (TPSA) is 37.3 Å². The van der Waals surface area contributed by atoms with E-state index < -0.39 is 5.97 Å². The van der Waals surface area contributed by atoms with Crippen molar-refractivity contribution in [2.24, 2.45) is 5.92 Å². The number of allylic oxidation sites excluding steroid dienone is 1. The molecule has 0 spiro atoms. The SMILES string of the molecule is CC(C)CCCCCCCCC=CCC(=O)O. The monoisotopic (exact) mass is 240 g/mol. The molecule has 0 aliphatic heterocycles. The number of carboxylic acids is 1. The molecule has 17 heavy (non-hydrogen) atoms.